The second-order valence-corrected chi connectivity index (χ2v) is 6.74. The Balaban J connectivity index is 1.62. The molecule has 3 rings (SSSR count). The first-order valence-corrected chi connectivity index (χ1v) is 9.37. The molecule has 1 unspecified atom stereocenters. The molecule has 2 heterocycles. The SMILES string of the molecule is NC(=O)CCC(NC(=O)c1ccc(NCc2cnc3nc(N)nc(O)c3n2)cc1)C(=O)O. The van der Waals surface area contributed by atoms with Crippen molar-refractivity contribution in [2.75, 3.05) is 11.1 Å². The third-order valence-electron chi connectivity index (χ3n) is 4.36. The van der Waals surface area contributed by atoms with Gasteiger partial charge >= 0.3 is 5.97 Å². The first kappa shape index (κ1) is 22.1. The number of carbonyl (C=O) groups excluding carboxylic acids is 2. The van der Waals surface area contributed by atoms with E-state index in [9.17, 15) is 24.6 Å². The van der Waals surface area contributed by atoms with E-state index >= 15 is 0 Å². The molecule has 13 nitrogen and oxygen atoms in total. The van der Waals surface area contributed by atoms with Crippen LogP contribution < -0.4 is 22.1 Å². The molecule has 0 saturated heterocycles. The van der Waals surface area contributed by atoms with Crippen molar-refractivity contribution in [3.8, 4) is 5.88 Å². The molecule has 1 aromatic carbocycles. The van der Waals surface area contributed by atoms with Crippen LogP contribution in [0.1, 0.15) is 28.9 Å². The minimum Gasteiger partial charge on any atom is -0.492 e. The second kappa shape index (κ2) is 9.51. The average Bonchev–Trinajstić information content (AvgIpc) is 2.75. The number of aromatic nitrogens is 4. The zero-order chi connectivity index (χ0) is 23.3. The first-order valence-electron chi connectivity index (χ1n) is 9.37. The van der Waals surface area contributed by atoms with Crippen molar-refractivity contribution in [2.24, 2.45) is 5.73 Å². The number of aromatic hydroxyl groups is 1. The number of anilines is 2. The van der Waals surface area contributed by atoms with Crippen LogP contribution in [0.2, 0.25) is 0 Å². The maximum atomic E-state index is 12.3. The number of nitrogens with zero attached hydrogens (tertiary/aromatic N) is 4. The smallest absolute Gasteiger partial charge is 0.326 e. The van der Waals surface area contributed by atoms with E-state index in [1.165, 1.54) is 18.3 Å². The van der Waals surface area contributed by atoms with Gasteiger partial charge in [-0.25, -0.2) is 14.8 Å². The van der Waals surface area contributed by atoms with E-state index in [1.807, 2.05) is 0 Å². The number of aliphatic carboxylic acids is 1. The number of nitrogens with one attached hydrogen (secondary N) is 2. The Hall–Kier alpha value is -4.55. The zero-order valence-corrected chi connectivity index (χ0v) is 16.6. The van der Waals surface area contributed by atoms with Crippen LogP contribution in [0, 0.1) is 0 Å². The van der Waals surface area contributed by atoms with E-state index in [-0.39, 0.29) is 47.9 Å². The van der Waals surface area contributed by atoms with Crippen LogP contribution in [0.25, 0.3) is 11.2 Å². The van der Waals surface area contributed by atoms with Crippen molar-refractivity contribution in [2.45, 2.75) is 25.4 Å². The van der Waals surface area contributed by atoms with E-state index in [0.29, 0.717) is 11.4 Å². The highest BCUT2D eigenvalue weighted by Crippen LogP contribution is 2.19. The van der Waals surface area contributed by atoms with E-state index < -0.39 is 23.8 Å². The van der Waals surface area contributed by atoms with Crippen molar-refractivity contribution >= 4 is 40.6 Å². The highest BCUT2D eigenvalue weighted by molar-refractivity contribution is 5.97. The Bertz CT molecular complexity index is 1170. The normalized spacial score (nSPS) is 11.6. The predicted molar refractivity (Wildman–Crippen MR) is 112 cm³/mol. The zero-order valence-electron chi connectivity index (χ0n) is 16.6. The number of carboxylic acids is 1. The second-order valence-electron chi connectivity index (χ2n) is 6.74. The molecule has 8 N–H and O–H groups in total. The monoisotopic (exact) mass is 440 g/mol. The van der Waals surface area contributed by atoms with Crippen LogP contribution in [-0.2, 0) is 16.1 Å². The summed E-state index contributed by atoms with van der Waals surface area (Å²) in [5.41, 5.74) is 12.2. The van der Waals surface area contributed by atoms with E-state index in [4.69, 9.17) is 11.5 Å². The summed E-state index contributed by atoms with van der Waals surface area (Å²) in [7, 11) is 0. The number of carboxylic acid groups (broad SMARTS) is 1. The summed E-state index contributed by atoms with van der Waals surface area (Å²) >= 11 is 0. The molecule has 0 bridgehead atoms. The number of rotatable bonds is 9. The fraction of sp³-hybridized carbons (Fsp3) is 0.211. The molecule has 0 spiro atoms. The number of nitrogens with two attached hydrogens (primary N) is 2. The van der Waals surface area contributed by atoms with Gasteiger partial charge in [-0.15, -0.1) is 0 Å². The van der Waals surface area contributed by atoms with Gasteiger partial charge in [-0.2, -0.15) is 9.97 Å². The molecule has 166 valence electrons. The molecule has 0 radical (unpaired) electrons. The number of nitrogen functional groups attached to an aromatic ring is 1. The molecule has 0 fully saturated rings. The van der Waals surface area contributed by atoms with E-state index in [0.717, 1.165) is 0 Å². The van der Waals surface area contributed by atoms with Gasteiger partial charge in [0.25, 0.3) is 5.91 Å². The number of hydrogen-bond donors (Lipinski definition) is 6. The van der Waals surface area contributed by atoms with Gasteiger partial charge in [-0.3, -0.25) is 9.59 Å². The maximum absolute atomic E-state index is 12.3. The molecule has 0 aliphatic carbocycles. The number of fused-ring (bicyclic) bond motifs is 1. The Morgan fingerprint density at radius 2 is 1.81 bits per heavy atom. The molecule has 32 heavy (non-hydrogen) atoms. The van der Waals surface area contributed by atoms with Gasteiger partial charge in [0.05, 0.1) is 18.4 Å². The summed E-state index contributed by atoms with van der Waals surface area (Å²) in [5.74, 6) is -2.98. The highest BCUT2D eigenvalue weighted by atomic mass is 16.4. The lowest BCUT2D eigenvalue weighted by molar-refractivity contribution is -0.139. The van der Waals surface area contributed by atoms with Gasteiger partial charge in [-0.1, -0.05) is 0 Å². The lowest BCUT2D eigenvalue weighted by atomic mass is 10.1. The molecular formula is C19H20N8O5. The molecule has 2 aromatic heterocycles. The summed E-state index contributed by atoms with van der Waals surface area (Å²) in [6, 6.07) is 5.06. The summed E-state index contributed by atoms with van der Waals surface area (Å²) in [5, 5.41) is 24.5. The number of amides is 2. The summed E-state index contributed by atoms with van der Waals surface area (Å²) < 4.78 is 0. The minimum atomic E-state index is -1.26. The van der Waals surface area contributed by atoms with Gasteiger partial charge < -0.3 is 32.3 Å². The van der Waals surface area contributed by atoms with Gasteiger partial charge in [-0.05, 0) is 30.7 Å². The molecule has 0 aliphatic rings. The lowest BCUT2D eigenvalue weighted by Crippen LogP contribution is -2.41. The fourth-order valence-electron chi connectivity index (χ4n) is 2.75. The number of hydrogen-bond acceptors (Lipinski definition) is 10. The van der Waals surface area contributed by atoms with E-state index in [2.05, 4.69) is 30.6 Å². The van der Waals surface area contributed by atoms with Crippen LogP contribution in [0.15, 0.2) is 30.5 Å². The van der Waals surface area contributed by atoms with Crippen molar-refractivity contribution in [1.82, 2.24) is 25.3 Å². The Labute approximate surface area is 180 Å². The molecule has 1 atom stereocenters. The fourth-order valence-corrected chi connectivity index (χ4v) is 2.75. The van der Waals surface area contributed by atoms with Crippen LogP contribution in [0.4, 0.5) is 11.6 Å². The topological polar surface area (TPSA) is 219 Å². The summed E-state index contributed by atoms with van der Waals surface area (Å²) in [6.07, 6.45) is 1.21. The van der Waals surface area contributed by atoms with Gasteiger partial charge in [0.15, 0.2) is 11.2 Å². The largest absolute Gasteiger partial charge is 0.492 e. The Morgan fingerprint density at radius 1 is 1.09 bits per heavy atom. The van der Waals surface area contributed by atoms with Gasteiger partial charge in [0.1, 0.15) is 6.04 Å². The predicted octanol–water partition coefficient (Wildman–Crippen LogP) is -0.232. The number of benzene rings is 1. The highest BCUT2D eigenvalue weighted by Gasteiger charge is 2.21. The molecule has 2 amide bonds. The molecular weight excluding hydrogens is 420 g/mol. The molecule has 0 saturated carbocycles. The summed E-state index contributed by atoms with van der Waals surface area (Å²) in [4.78, 5) is 50.3. The molecule has 3 aromatic rings. The van der Waals surface area contributed by atoms with Crippen LogP contribution in [0.3, 0.4) is 0 Å². The summed E-state index contributed by atoms with van der Waals surface area (Å²) in [6.45, 7) is 0.256. The number of carbonyl (C=O) groups is 3. The van der Waals surface area contributed by atoms with E-state index in [1.54, 1.807) is 12.1 Å². The van der Waals surface area contributed by atoms with Crippen molar-refractivity contribution in [1.29, 1.82) is 0 Å². The standard InChI is InChI=1S/C19H20N8O5/c20-13(28)6-5-12(18(31)32)25-16(29)9-1-3-10(4-2-9)22-7-11-8-23-15-14(24-11)17(30)27-19(21)26-15/h1-4,8,12,22H,5-7H2,(H2,20,28)(H,25,29)(H,31,32)(H3,21,23,26,27,30). The Kier molecular flexibility index (Phi) is 6.58. The van der Waals surface area contributed by atoms with Crippen LogP contribution >= 0.6 is 0 Å². The van der Waals surface area contributed by atoms with Crippen LogP contribution in [-0.4, -0.2) is 54.0 Å². The average molecular weight is 440 g/mol. The van der Waals surface area contributed by atoms with Crippen molar-refractivity contribution in [3.63, 3.8) is 0 Å². The first-order chi connectivity index (χ1) is 15.2. The third-order valence-corrected chi connectivity index (χ3v) is 4.36. The van der Waals surface area contributed by atoms with Crippen LogP contribution in [0.5, 0.6) is 5.88 Å². The lowest BCUT2D eigenvalue weighted by Gasteiger charge is -2.14. The minimum absolute atomic E-state index is 0.101. The van der Waals surface area contributed by atoms with Gasteiger partial charge in [0.2, 0.25) is 17.7 Å². The third kappa shape index (κ3) is 5.53. The molecule has 0 aliphatic heterocycles. The Morgan fingerprint density at radius 3 is 2.47 bits per heavy atom. The quantitative estimate of drug-likeness (QED) is 0.255. The van der Waals surface area contributed by atoms with Crippen molar-refractivity contribution in [3.05, 3.63) is 41.7 Å². The molecule has 13 heteroatoms. The van der Waals surface area contributed by atoms with Crippen molar-refractivity contribution < 1.29 is 24.6 Å². The maximum Gasteiger partial charge on any atom is 0.326 e. The number of primary amides is 1. The van der Waals surface area contributed by atoms with Gasteiger partial charge in [0, 0.05) is 17.7 Å².